The zero-order valence-corrected chi connectivity index (χ0v) is 20.8. The van der Waals surface area contributed by atoms with E-state index in [2.05, 4.69) is 23.6 Å². The highest BCUT2D eigenvalue weighted by Crippen LogP contribution is 2.21. The Kier molecular flexibility index (Phi) is 7.76. The Labute approximate surface area is 209 Å². The lowest BCUT2D eigenvalue weighted by Gasteiger charge is -2.37. The summed E-state index contributed by atoms with van der Waals surface area (Å²) in [6.07, 6.45) is 1.10. The fraction of sp³-hybridized carbons (Fsp3) is 0.423. The van der Waals surface area contributed by atoms with Gasteiger partial charge in [0.05, 0.1) is 40.2 Å². The van der Waals surface area contributed by atoms with Crippen LogP contribution in [0.2, 0.25) is 0 Å². The van der Waals surface area contributed by atoms with Gasteiger partial charge in [-0.1, -0.05) is 6.92 Å². The van der Waals surface area contributed by atoms with Crippen molar-refractivity contribution in [2.45, 2.75) is 39.8 Å². The largest absolute Gasteiger partial charge is 0.462 e. The number of piperazine rings is 1. The van der Waals surface area contributed by atoms with Crippen LogP contribution >= 0.6 is 0 Å². The van der Waals surface area contributed by atoms with Gasteiger partial charge < -0.3 is 4.74 Å². The second kappa shape index (κ2) is 11.0. The molecule has 0 N–H and O–H groups in total. The maximum absolute atomic E-state index is 13.6. The Bertz CT molecular complexity index is 1310. The third-order valence-corrected chi connectivity index (χ3v) is 6.75. The molecule has 3 aromatic rings. The summed E-state index contributed by atoms with van der Waals surface area (Å²) >= 11 is 0. The third-order valence-electron chi connectivity index (χ3n) is 6.75. The van der Waals surface area contributed by atoms with E-state index in [-0.39, 0.29) is 23.2 Å². The van der Waals surface area contributed by atoms with E-state index in [0.717, 1.165) is 32.6 Å². The molecule has 1 aliphatic heterocycles. The molecule has 1 atom stereocenters. The minimum absolute atomic E-state index is 0.167. The summed E-state index contributed by atoms with van der Waals surface area (Å²) in [5, 5.41) is 11.5. The van der Waals surface area contributed by atoms with Crippen LogP contribution in [0.5, 0.6) is 0 Å². The fourth-order valence-electron chi connectivity index (χ4n) is 4.49. The number of rotatable bonds is 8. The van der Waals surface area contributed by atoms with Crippen LogP contribution in [0, 0.1) is 10.1 Å². The maximum atomic E-state index is 13.6. The summed E-state index contributed by atoms with van der Waals surface area (Å²) in [7, 11) is 0. The second-order valence-corrected chi connectivity index (χ2v) is 8.96. The van der Waals surface area contributed by atoms with Gasteiger partial charge in [0.1, 0.15) is 5.82 Å². The van der Waals surface area contributed by atoms with Gasteiger partial charge in [0.2, 0.25) is 0 Å². The van der Waals surface area contributed by atoms with Gasteiger partial charge >= 0.3 is 5.97 Å². The van der Waals surface area contributed by atoms with Crippen molar-refractivity contribution in [2.24, 2.45) is 0 Å². The zero-order valence-electron chi connectivity index (χ0n) is 20.8. The number of non-ortho nitro benzene ring substituents is 1. The number of benzene rings is 2. The number of hydrogen-bond acceptors (Lipinski definition) is 8. The first-order chi connectivity index (χ1) is 17.3. The molecule has 1 saturated heterocycles. The van der Waals surface area contributed by atoms with E-state index < -0.39 is 10.9 Å². The Morgan fingerprint density at radius 3 is 2.42 bits per heavy atom. The van der Waals surface area contributed by atoms with Crippen molar-refractivity contribution in [1.29, 1.82) is 0 Å². The first kappa shape index (κ1) is 25.5. The molecule has 0 saturated carbocycles. The van der Waals surface area contributed by atoms with Crippen molar-refractivity contribution in [3.05, 3.63) is 74.3 Å². The molecule has 10 nitrogen and oxygen atoms in total. The number of hydrogen-bond donors (Lipinski definition) is 0. The van der Waals surface area contributed by atoms with Crippen LogP contribution in [-0.4, -0.2) is 69.1 Å². The molecule has 0 aliphatic carbocycles. The number of fused-ring (bicyclic) bond motifs is 1. The number of esters is 1. The molecule has 0 bridgehead atoms. The van der Waals surface area contributed by atoms with Crippen molar-refractivity contribution >= 4 is 22.6 Å². The van der Waals surface area contributed by atoms with Gasteiger partial charge in [-0.15, -0.1) is 0 Å². The topological polar surface area (TPSA) is 111 Å². The predicted molar refractivity (Wildman–Crippen MR) is 137 cm³/mol. The van der Waals surface area contributed by atoms with Crippen LogP contribution in [0.3, 0.4) is 0 Å². The van der Waals surface area contributed by atoms with Crippen LogP contribution in [0.15, 0.2) is 47.3 Å². The maximum Gasteiger partial charge on any atom is 0.338 e. The summed E-state index contributed by atoms with van der Waals surface area (Å²) < 4.78 is 6.54. The average Bonchev–Trinajstić information content (AvgIpc) is 2.89. The second-order valence-electron chi connectivity index (χ2n) is 8.96. The minimum atomic E-state index is -0.526. The van der Waals surface area contributed by atoms with Crippen molar-refractivity contribution in [1.82, 2.24) is 19.4 Å². The van der Waals surface area contributed by atoms with Gasteiger partial charge in [0.15, 0.2) is 0 Å². The van der Waals surface area contributed by atoms with Crippen molar-refractivity contribution in [3.63, 3.8) is 0 Å². The Hall–Kier alpha value is -3.63. The molecule has 1 fully saturated rings. The quantitative estimate of drug-likeness (QED) is 0.267. The molecule has 2 aromatic carbocycles. The normalized spacial score (nSPS) is 15.6. The molecular weight excluding hydrogens is 462 g/mol. The van der Waals surface area contributed by atoms with Gasteiger partial charge in [-0.05, 0) is 50.6 Å². The van der Waals surface area contributed by atoms with Gasteiger partial charge in [-0.2, -0.15) is 0 Å². The fourth-order valence-corrected chi connectivity index (χ4v) is 4.49. The van der Waals surface area contributed by atoms with Crippen molar-refractivity contribution in [3.8, 4) is 5.69 Å². The number of nitro groups is 1. The molecule has 10 heteroatoms. The molecule has 4 rings (SSSR count). The summed E-state index contributed by atoms with van der Waals surface area (Å²) in [4.78, 5) is 46.0. The molecular formula is C26H31N5O5. The summed E-state index contributed by atoms with van der Waals surface area (Å²) in [5.41, 5.74) is 0.765. The summed E-state index contributed by atoms with van der Waals surface area (Å²) in [5.74, 6) is 0.102. The summed E-state index contributed by atoms with van der Waals surface area (Å²) in [6.45, 7) is 10.4. The van der Waals surface area contributed by atoms with Gasteiger partial charge in [-0.25, -0.2) is 9.78 Å². The van der Waals surface area contributed by atoms with Gasteiger partial charge in [0.25, 0.3) is 11.2 Å². The molecule has 36 heavy (non-hydrogen) atoms. The van der Waals surface area contributed by atoms with Crippen LogP contribution < -0.4 is 5.56 Å². The first-order valence-electron chi connectivity index (χ1n) is 12.3. The van der Waals surface area contributed by atoms with Gasteiger partial charge in [0, 0.05) is 44.4 Å². The van der Waals surface area contributed by atoms with E-state index in [9.17, 15) is 19.7 Å². The number of carbonyl (C=O) groups is 1. The van der Waals surface area contributed by atoms with E-state index in [1.54, 1.807) is 31.2 Å². The highest BCUT2D eigenvalue weighted by Gasteiger charge is 2.23. The molecule has 0 unspecified atom stereocenters. The highest BCUT2D eigenvalue weighted by molar-refractivity contribution is 5.89. The molecule has 190 valence electrons. The van der Waals surface area contributed by atoms with E-state index in [0.29, 0.717) is 35.2 Å². The lowest BCUT2D eigenvalue weighted by molar-refractivity contribution is -0.384. The number of nitro benzene ring substituents is 1. The SMILES string of the molecule is CCOC(=O)c1ccc(-n2c(CN3CCN([C@H](C)CC)CC3)nc3ccc([N+](=O)[O-])cc3c2=O)cc1. The van der Waals surface area contributed by atoms with E-state index >= 15 is 0 Å². The smallest absolute Gasteiger partial charge is 0.338 e. The van der Waals surface area contributed by atoms with Crippen LogP contribution in [-0.2, 0) is 11.3 Å². The van der Waals surface area contributed by atoms with Crippen LogP contribution in [0.25, 0.3) is 16.6 Å². The first-order valence-corrected chi connectivity index (χ1v) is 12.3. The predicted octanol–water partition coefficient (Wildman–Crippen LogP) is 3.39. The number of aromatic nitrogens is 2. The highest BCUT2D eigenvalue weighted by atomic mass is 16.6. The zero-order chi connectivity index (χ0) is 25.8. The molecule has 0 spiro atoms. The molecule has 2 heterocycles. The Morgan fingerprint density at radius 2 is 1.81 bits per heavy atom. The molecule has 1 aliphatic rings. The van der Waals surface area contributed by atoms with Crippen molar-refractivity contribution < 1.29 is 14.5 Å². The van der Waals surface area contributed by atoms with Gasteiger partial charge in [-0.3, -0.25) is 29.3 Å². The Balaban J connectivity index is 1.74. The Morgan fingerprint density at radius 1 is 1.11 bits per heavy atom. The van der Waals surface area contributed by atoms with Crippen LogP contribution in [0.4, 0.5) is 5.69 Å². The van der Waals surface area contributed by atoms with Crippen LogP contribution in [0.1, 0.15) is 43.4 Å². The van der Waals surface area contributed by atoms with E-state index in [1.165, 1.54) is 22.8 Å². The molecule has 0 amide bonds. The monoisotopic (exact) mass is 493 g/mol. The van der Waals surface area contributed by atoms with E-state index in [4.69, 9.17) is 9.72 Å². The van der Waals surface area contributed by atoms with E-state index in [1.807, 2.05) is 0 Å². The average molecular weight is 494 g/mol. The minimum Gasteiger partial charge on any atom is -0.462 e. The van der Waals surface area contributed by atoms with Crippen molar-refractivity contribution in [2.75, 3.05) is 32.8 Å². The molecule has 1 aromatic heterocycles. The third kappa shape index (κ3) is 5.29. The number of ether oxygens (including phenoxy) is 1. The standard InChI is InChI=1S/C26H31N5O5/c1-4-18(3)29-14-12-28(13-15-29)17-24-27-23-11-10-21(31(34)35)16-22(23)25(32)30(24)20-8-6-19(7-9-20)26(33)36-5-2/h6-11,16,18H,4-5,12-15,17H2,1-3H3/t18-/m1/s1. The number of carbonyl (C=O) groups excluding carboxylic acids is 1. The molecule has 0 radical (unpaired) electrons. The summed E-state index contributed by atoms with van der Waals surface area (Å²) in [6, 6.07) is 11.2. The lowest BCUT2D eigenvalue weighted by atomic mass is 10.1. The lowest BCUT2D eigenvalue weighted by Crippen LogP contribution is -2.49. The number of nitrogens with zero attached hydrogens (tertiary/aromatic N) is 5.